The highest BCUT2D eigenvalue weighted by molar-refractivity contribution is 6.18. The molecule has 88 valence electrons. The second-order valence-electron chi connectivity index (χ2n) is 4.41. The molecule has 0 saturated carbocycles. The van der Waals surface area contributed by atoms with E-state index in [-0.39, 0.29) is 5.91 Å². The number of amides is 1. The number of rotatable bonds is 4. The van der Waals surface area contributed by atoms with Gasteiger partial charge in [0.1, 0.15) is 0 Å². The molecule has 0 unspecified atom stereocenters. The van der Waals surface area contributed by atoms with Crippen LogP contribution in [0.25, 0.3) is 0 Å². The van der Waals surface area contributed by atoms with E-state index in [0.717, 1.165) is 5.56 Å². The number of benzene rings is 1. The molecule has 0 aliphatic rings. The van der Waals surface area contributed by atoms with Crippen molar-refractivity contribution < 1.29 is 4.79 Å². The van der Waals surface area contributed by atoms with Gasteiger partial charge < -0.3 is 4.90 Å². The molecule has 0 N–H and O–H groups in total. The smallest absolute Gasteiger partial charge is 0.232 e. The minimum absolute atomic E-state index is 0.0966. The standard InChI is InChI=1S/C13H18ClNO/c1-13(2,11-7-5-4-6-8-11)12(16)15(3)10-9-14/h4-8H,9-10H2,1-3H3. The molecule has 0 aromatic heterocycles. The molecule has 0 atom stereocenters. The Morgan fingerprint density at radius 1 is 1.31 bits per heavy atom. The molecule has 16 heavy (non-hydrogen) atoms. The van der Waals surface area contributed by atoms with E-state index in [2.05, 4.69) is 0 Å². The highest BCUT2D eigenvalue weighted by atomic mass is 35.5. The Balaban J connectivity index is 2.89. The number of hydrogen-bond acceptors (Lipinski definition) is 1. The van der Waals surface area contributed by atoms with Crippen molar-refractivity contribution in [3.8, 4) is 0 Å². The summed E-state index contributed by atoms with van der Waals surface area (Å²) in [6.45, 7) is 4.46. The van der Waals surface area contributed by atoms with Gasteiger partial charge in [0.2, 0.25) is 5.91 Å². The normalized spacial score (nSPS) is 11.2. The zero-order valence-corrected chi connectivity index (χ0v) is 10.8. The molecule has 0 saturated heterocycles. The fourth-order valence-electron chi connectivity index (χ4n) is 1.68. The summed E-state index contributed by atoms with van der Waals surface area (Å²) in [6, 6.07) is 9.81. The summed E-state index contributed by atoms with van der Waals surface area (Å²) < 4.78 is 0. The summed E-state index contributed by atoms with van der Waals surface area (Å²) in [7, 11) is 1.79. The number of carbonyl (C=O) groups excluding carboxylic acids is 1. The molecule has 0 fully saturated rings. The van der Waals surface area contributed by atoms with Gasteiger partial charge in [-0.25, -0.2) is 0 Å². The molecular weight excluding hydrogens is 222 g/mol. The molecule has 0 bridgehead atoms. The number of likely N-dealkylation sites (N-methyl/N-ethyl adjacent to an activating group) is 1. The van der Waals surface area contributed by atoms with E-state index in [4.69, 9.17) is 11.6 Å². The quantitative estimate of drug-likeness (QED) is 0.740. The van der Waals surface area contributed by atoms with Gasteiger partial charge in [0.05, 0.1) is 5.41 Å². The van der Waals surface area contributed by atoms with Crippen molar-refractivity contribution in [3.63, 3.8) is 0 Å². The Morgan fingerprint density at radius 3 is 2.38 bits per heavy atom. The van der Waals surface area contributed by atoms with E-state index < -0.39 is 5.41 Å². The van der Waals surface area contributed by atoms with Crippen LogP contribution in [0.1, 0.15) is 19.4 Å². The molecule has 3 heteroatoms. The minimum atomic E-state index is -0.498. The Hall–Kier alpha value is -1.02. The second kappa shape index (κ2) is 5.35. The van der Waals surface area contributed by atoms with Gasteiger partial charge in [0.25, 0.3) is 0 Å². The molecule has 0 heterocycles. The first-order valence-corrected chi connectivity index (χ1v) is 5.90. The lowest BCUT2D eigenvalue weighted by atomic mass is 9.83. The fraction of sp³-hybridized carbons (Fsp3) is 0.462. The van der Waals surface area contributed by atoms with Crippen LogP contribution in [0.15, 0.2) is 30.3 Å². The molecule has 1 amide bonds. The number of carbonyl (C=O) groups is 1. The van der Waals surface area contributed by atoms with Gasteiger partial charge in [0, 0.05) is 19.5 Å². The predicted molar refractivity (Wildman–Crippen MR) is 67.8 cm³/mol. The second-order valence-corrected chi connectivity index (χ2v) is 4.78. The molecule has 2 nitrogen and oxygen atoms in total. The largest absolute Gasteiger partial charge is 0.344 e. The maximum Gasteiger partial charge on any atom is 0.232 e. The fourth-order valence-corrected chi connectivity index (χ4v) is 1.94. The van der Waals surface area contributed by atoms with Crippen molar-refractivity contribution >= 4 is 17.5 Å². The number of nitrogens with zero attached hydrogens (tertiary/aromatic N) is 1. The first-order chi connectivity index (χ1) is 7.50. The van der Waals surface area contributed by atoms with Crippen LogP contribution in [0.4, 0.5) is 0 Å². The average molecular weight is 240 g/mol. The predicted octanol–water partition coefficient (Wildman–Crippen LogP) is 2.66. The molecule has 0 radical (unpaired) electrons. The Kier molecular flexibility index (Phi) is 4.36. The van der Waals surface area contributed by atoms with Crippen LogP contribution in [0, 0.1) is 0 Å². The number of alkyl halides is 1. The Morgan fingerprint density at radius 2 is 1.88 bits per heavy atom. The van der Waals surface area contributed by atoms with Crippen molar-refractivity contribution in [1.82, 2.24) is 4.90 Å². The maximum absolute atomic E-state index is 12.2. The van der Waals surface area contributed by atoms with E-state index >= 15 is 0 Å². The summed E-state index contributed by atoms with van der Waals surface area (Å²) >= 11 is 5.64. The first kappa shape index (κ1) is 13.0. The van der Waals surface area contributed by atoms with Crippen molar-refractivity contribution in [2.24, 2.45) is 0 Å². The van der Waals surface area contributed by atoms with E-state index in [1.165, 1.54) is 0 Å². The van der Waals surface area contributed by atoms with Crippen LogP contribution in [0.3, 0.4) is 0 Å². The lowest BCUT2D eigenvalue weighted by Crippen LogP contribution is -2.42. The molecule has 1 aromatic carbocycles. The number of hydrogen-bond donors (Lipinski definition) is 0. The molecule has 0 spiro atoms. The summed E-state index contributed by atoms with van der Waals surface area (Å²) in [6.07, 6.45) is 0. The van der Waals surface area contributed by atoms with Gasteiger partial charge in [0.15, 0.2) is 0 Å². The van der Waals surface area contributed by atoms with Crippen molar-refractivity contribution in [2.75, 3.05) is 19.5 Å². The summed E-state index contributed by atoms with van der Waals surface area (Å²) in [5.74, 6) is 0.562. The Labute approximate surface area is 102 Å². The third-order valence-electron chi connectivity index (χ3n) is 2.80. The SMILES string of the molecule is CN(CCCl)C(=O)C(C)(C)c1ccccc1. The number of halogens is 1. The average Bonchev–Trinajstić information content (AvgIpc) is 2.29. The maximum atomic E-state index is 12.2. The summed E-state index contributed by atoms with van der Waals surface area (Å²) in [5, 5.41) is 0. The lowest BCUT2D eigenvalue weighted by molar-refractivity contribution is -0.134. The van der Waals surface area contributed by atoms with E-state index in [9.17, 15) is 4.79 Å². The third kappa shape index (κ3) is 2.76. The van der Waals surface area contributed by atoms with Gasteiger partial charge in [-0.2, -0.15) is 0 Å². The van der Waals surface area contributed by atoms with Gasteiger partial charge in [-0.1, -0.05) is 30.3 Å². The molecule has 0 aliphatic heterocycles. The van der Waals surface area contributed by atoms with E-state index in [0.29, 0.717) is 12.4 Å². The molecule has 0 aliphatic carbocycles. The van der Waals surface area contributed by atoms with E-state index in [1.54, 1.807) is 11.9 Å². The summed E-state index contributed by atoms with van der Waals surface area (Å²) in [4.78, 5) is 13.9. The van der Waals surface area contributed by atoms with Crippen LogP contribution in [-0.4, -0.2) is 30.3 Å². The van der Waals surface area contributed by atoms with Gasteiger partial charge in [-0.3, -0.25) is 4.79 Å². The topological polar surface area (TPSA) is 20.3 Å². The van der Waals surface area contributed by atoms with Crippen molar-refractivity contribution in [3.05, 3.63) is 35.9 Å². The van der Waals surface area contributed by atoms with Crippen LogP contribution < -0.4 is 0 Å². The zero-order valence-electron chi connectivity index (χ0n) is 10.0. The Bertz CT molecular complexity index is 348. The monoisotopic (exact) mass is 239 g/mol. The van der Waals surface area contributed by atoms with Crippen molar-refractivity contribution in [2.45, 2.75) is 19.3 Å². The van der Waals surface area contributed by atoms with E-state index in [1.807, 2.05) is 44.2 Å². The third-order valence-corrected chi connectivity index (χ3v) is 2.97. The highest BCUT2D eigenvalue weighted by Gasteiger charge is 2.31. The van der Waals surface area contributed by atoms with Crippen LogP contribution in [-0.2, 0) is 10.2 Å². The molecular formula is C13H18ClNO. The van der Waals surface area contributed by atoms with Crippen LogP contribution in [0.2, 0.25) is 0 Å². The van der Waals surface area contributed by atoms with Gasteiger partial charge >= 0.3 is 0 Å². The van der Waals surface area contributed by atoms with Gasteiger partial charge in [-0.05, 0) is 19.4 Å². The molecule has 1 aromatic rings. The van der Waals surface area contributed by atoms with Crippen LogP contribution in [0.5, 0.6) is 0 Å². The summed E-state index contributed by atoms with van der Waals surface area (Å²) in [5.41, 5.74) is 0.531. The highest BCUT2D eigenvalue weighted by Crippen LogP contribution is 2.24. The zero-order chi connectivity index (χ0) is 12.2. The van der Waals surface area contributed by atoms with Crippen LogP contribution >= 0.6 is 11.6 Å². The van der Waals surface area contributed by atoms with Gasteiger partial charge in [-0.15, -0.1) is 11.6 Å². The molecule has 1 rings (SSSR count). The minimum Gasteiger partial charge on any atom is -0.344 e. The van der Waals surface area contributed by atoms with Crippen molar-refractivity contribution in [1.29, 1.82) is 0 Å². The lowest BCUT2D eigenvalue weighted by Gasteiger charge is -2.29. The first-order valence-electron chi connectivity index (χ1n) is 5.37.